The first kappa shape index (κ1) is 22.6. The van der Waals surface area contributed by atoms with Crippen LogP contribution in [0.2, 0.25) is 0 Å². The molecule has 176 valence electrons. The van der Waals surface area contributed by atoms with Gasteiger partial charge in [0.2, 0.25) is 0 Å². The highest BCUT2D eigenvalue weighted by atomic mass is 16.5. The summed E-state index contributed by atoms with van der Waals surface area (Å²) in [4.78, 5) is 17.2. The van der Waals surface area contributed by atoms with Crippen LogP contribution in [0.1, 0.15) is 66.2 Å². The third-order valence-electron chi connectivity index (χ3n) is 8.05. The van der Waals surface area contributed by atoms with Gasteiger partial charge in [-0.15, -0.1) is 0 Å². The fourth-order valence-corrected chi connectivity index (χ4v) is 6.05. The highest BCUT2D eigenvalue weighted by Gasteiger charge is 2.50. The van der Waals surface area contributed by atoms with E-state index in [-0.39, 0.29) is 11.3 Å². The molecule has 1 aliphatic heterocycles. The maximum atomic E-state index is 13.0. The summed E-state index contributed by atoms with van der Waals surface area (Å²) in [5.74, 6) is 0.927. The molecule has 5 rings (SSSR count). The predicted octanol–water partition coefficient (Wildman–Crippen LogP) is 5.76. The molecule has 2 aromatic carbocycles. The molecule has 2 heterocycles. The van der Waals surface area contributed by atoms with Crippen molar-refractivity contribution >= 4 is 11.6 Å². The van der Waals surface area contributed by atoms with E-state index in [4.69, 9.17) is 4.74 Å². The standard InChI is InChI=1S/C29H32N2O3/c1-3-28-14-15-29(33,22-8-5-4-6-9-22)19-23(28)13-17-34-26-18-21(11-12-24(26)28)27(32)31-25-10-7-16-30-20(25)2/h4-12,16,18,23,33H,3,13-15,17,19H2,1-2H3,(H,31,32)/t23-,28+,29+/m1/s1. The molecule has 0 radical (unpaired) electrons. The van der Waals surface area contributed by atoms with E-state index >= 15 is 0 Å². The number of carbonyl (C=O) groups is 1. The number of hydrogen-bond donors (Lipinski definition) is 2. The van der Waals surface area contributed by atoms with Gasteiger partial charge in [0.15, 0.2) is 0 Å². The molecule has 0 saturated heterocycles. The fraction of sp³-hybridized carbons (Fsp3) is 0.379. The topological polar surface area (TPSA) is 71.5 Å². The zero-order valence-corrected chi connectivity index (χ0v) is 19.9. The number of nitrogens with zero attached hydrogens (tertiary/aromatic N) is 1. The Balaban J connectivity index is 1.45. The Bertz CT molecular complexity index is 1190. The number of aliphatic hydroxyl groups is 1. The average Bonchev–Trinajstić information content (AvgIpc) is 3.02. The zero-order valence-electron chi connectivity index (χ0n) is 19.9. The van der Waals surface area contributed by atoms with Crippen LogP contribution in [0, 0.1) is 12.8 Å². The molecule has 1 aliphatic carbocycles. The van der Waals surface area contributed by atoms with Gasteiger partial charge in [-0.2, -0.15) is 0 Å². The number of pyridine rings is 1. The van der Waals surface area contributed by atoms with E-state index in [1.165, 1.54) is 5.56 Å². The van der Waals surface area contributed by atoms with Crippen LogP contribution in [0.3, 0.4) is 0 Å². The van der Waals surface area contributed by atoms with E-state index in [1.54, 1.807) is 6.20 Å². The summed E-state index contributed by atoms with van der Waals surface area (Å²) >= 11 is 0. The molecule has 1 fully saturated rings. The Morgan fingerprint density at radius 1 is 1.15 bits per heavy atom. The number of amides is 1. The minimum absolute atomic E-state index is 0.0677. The van der Waals surface area contributed by atoms with Crippen LogP contribution >= 0.6 is 0 Å². The van der Waals surface area contributed by atoms with Crippen LogP contribution in [0.4, 0.5) is 5.69 Å². The van der Waals surface area contributed by atoms with Crippen molar-refractivity contribution < 1.29 is 14.6 Å². The second-order valence-corrected chi connectivity index (χ2v) is 9.75. The summed E-state index contributed by atoms with van der Waals surface area (Å²) in [7, 11) is 0. The van der Waals surface area contributed by atoms with Crippen molar-refractivity contribution in [2.75, 3.05) is 11.9 Å². The first-order valence-electron chi connectivity index (χ1n) is 12.2. The molecule has 3 atom stereocenters. The average molecular weight is 457 g/mol. The zero-order chi connectivity index (χ0) is 23.8. The van der Waals surface area contributed by atoms with Crippen LogP contribution in [-0.4, -0.2) is 22.6 Å². The molecule has 1 aromatic heterocycles. The van der Waals surface area contributed by atoms with Gasteiger partial charge in [-0.05, 0) is 74.8 Å². The van der Waals surface area contributed by atoms with Crippen LogP contribution < -0.4 is 10.1 Å². The van der Waals surface area contributed by atoms with E-state index in [2.05, 4.69) is 23.3 Å². The Hall–Kier alpha value is -3.18. The molecule has 5 heteroatoms. The molecule has 1 amide bonds. The van der Waals surface area contributed by atoms with Crippen LogP contribution in [-0.2, 0) is 11.0 Å². The summed E-state index contributed by atoms with van der Waals surface area (Å²) in [5.41, 5.74) is 3.36. The van der Waals surface area contributed by atoms with Crippen molar-refractivity contribution in [3.05, 3.63) is 89.2 Å². The van der Waals surface area contributed by atoms with E-state index in [0.29, 0.717) is 30.2 Å². The summed E-state index contributed by atoms with van der Waals surface area (Å²) in [6.07, 6.45) is 5.88. The van der Waals surface area contributed by atoms with E-state index in [0.717, 1.165) is 42.7 Å². The van der Waals surface area contributed by atoms with Crippen LogP contribution in [0.15, 0.2) is 66.9 Å². The smallest absolute Gasteiger partial charge is 0.255 e. The first-order chi connectivity index (χ1) is 16.4. The van der Waals surface area contributed by atoms with Crippen molar-refractivity contribution in [1.29, 1.82) is 0 Å². The van der Waals surface area contributed by atoms with Crippen molar-refractivity contribution in [3.63, 3.8) is 0 Å². The number of rotatable bonds is 4. The maximum Gasteiger partial charge on any atom is 0.255 e. The summed E-state index contributed by atoms with van der Waals surface area (Å²) in [5, 5.41) is 14.6. The van der Waals surface area contributed by atoms with Crippen molar-refractivity contribution in [1.82, 2.24) is 4.98 Å². The van der Waals surface area contributed by atoms with Gasteiger partial charge in [0.1, 0.15) is 5.75 Å². The highest BCUT2D eigenvalue weighted by Crippen LogP contribution is 2.56. The van der Waals surface area contributed by atoms with Gasteiger partial charge in [-0.25, -0.2) is 0 Å². The van der Waals surface area contributed by atoms with Gasteiger partial charge < -0.3 is 15.2 Å². The van der Waals surface area contributed by atoms with E-state index in [1.807, 2.05) is 61.5 Å². The Morgan fingerprint density at radius 2 is 1.97 bits per heavy atom. The van der Waals surface area contributed by atoms with E-state index in [9.17, 15) is 9.90 Å². The largest absolute Gasteiger partial charge is 0.493 e. The number of carbonyl (C=O) groups excluding carboxylic acids is 1. The van der Waals surface area contributed by atoms with Gasteiger partial charge in [-0.3, -0.25) is 9.78 Å². The predicted molar refractivity (Wildman–Crippen MR) is 133 cm³/mol. The number of aryl methyl sites for hydroxylation is 1. The SMILES string of the molecule is CC[C@]12CC[C@@](O)(c3ccccc3)C[C@H]1CCOc1cc(C(=O)Nc3cccnc3C)ccc12. The van der Waals surface area contributed by atoms with Crippen molar-refractivity contribution in [2.24, 2.45) is 5.92 Å². The van der Waals surface area contributed by atoms with Crippen LogP contribution in [0.25, 0.3) is 0 Å². The minimum Gasteiger partial charge on any atom is -0.493 e. The lowest BCUT2D eigenvalue weighted by molar-refractivity contribution is -0.0534. The third-order valence-corrected chi connectivity index (χ3v) is 8.05. The molecule has 2 N–H and O–H groups in total. The van der Waals surface area contributed by atoms with Crippen molar-refractivity contribution in [3.8, 4) is 5.75 Å². The normalized spacial score (nSPS) is 25.9. The summed E-state index contributed by atoms with van der Waals surface area (Å²) in [6, 6.07) is 19.6. The second kappa shape index (κ2) is 8.88. The summed E-state index contributed by atoms with van der Waals surface area (Å²) in [6.45, 7) is 4.69. The molecule has 0 unspecified atom stereocenters. The molecular weight excluding hydrogens is 424 g/mol. The van der Waals surface area contributed by atoms with Gasteiger partial charge in [-0.1, -0.05) is 43.3 Å². The number of fused-ring (bicyclic) bond motifs is 3. The monoisotopic (exact) mass is 456 g/mol. The Labute approximate surface area is 201 Å². The molecule has 5 nitrogen and oxygen atoms in total. The minimum atomic E-state index is -0.809. The van der Waals surface area contributed by atoms with Gasteiger partial charge >= 0.3 is 0 Å². The lowest BCUT2D eigenvalue weighted by atomic mass is 9.56. The number of anilines is 1. The van der Waals surface area contributed by atoms with Gasteiger partial charge in [0.05, 0.1) is 23.6 Å². The summed E-state index contributed by atoms with van der Waals surface area (Å²) < 4.78 is 6.23. The fourth-order valence-electron chi connectivity index (χ4n) is 6.05. The molecule has 34 heavy (non-hydrogen) atoms. The second-order valence-electron chi connectivity index (χ2n) is 9.75. The lowest BCUT2D eigenvalue weighted by Gasteiger charge is -2.49. The third kappa shape index (κ3) is 3.88. The van der Waals surface area contributed by atoms with Crippen molar-refractivity contribution in [2.45, 2.75) is 57.0 Å². The molecule has 1 saturated carbocycles. The molecule has 3 aromatic rings. The molecule has 0 bridgehead atoms. The Morgan fingerprint density at radius 3 is 2.74 bits per heavy atom. The molecule has 2 aliphatic rings. The quantitative estimate of drug-likeness (QED) is 0.524. The number of hydrogen-bond acceptors (Lipinski definition) is 4. The highest BCUT2D eigenvalue weighted by molar-refractivity contribution is 6.04. The Kier molecular flexibility index (Phi) is 5.90. The number of aromatic nitrogens is 1. The van der Waals surface area contributed by atoms with E-state index < -0.39 is 5.60 Å². The molecule has 0 spiro atoms. The number of benzene rings is 2. The number of ether oxygens (including phenoxy) is 1. The van der Waals surface area contributed by atoms with Gasteiger partial charge in [0.25, 0.3) is 5.91 Å². The lowest BCUT2D eigenvalue weighted by Crippen LogP contribution is -2.46. The first-order valence-corrected chi connectivity index (χ1v) is 12.2. The van der Waals surface area contributed by atoms with Gasteiger partial charge in [0, 0.05) is 22.7 Å². The maximum absolute atomic E-state index is 13.0. The number of nitrogens with one attached hydrogen (secondary N) is 1. The molecular formula is C29H32N2O3. The van der Waals surface area contributed by atoms with Crippen LogP contribution in [0.5, 0.6) is 5.75 Å².